The average molecular weight is 642 g/mol. The quantitative estimate of drug-likeness (QED) is 0.188. The molecule has 1 heterocycles. The highest BCUT2D eigenvalue weighted by Crippen LogP contribution is 2.63. The van der Waals surface area contributed by atoms with E-state index in [0.717, 1.165) is 17.1 Å². The number of anilines is 3. The van der Waals surface area contributed by atoms with Crippen LogP contribution in [-0.2, 0) is 5.41 Å². The number of hydrogen-bond acceptors (Lipinski definition) is 2. The van der Waals surface area contributed by atoms with E-state index in [1.807, 2.05) is 11.8 Å². The molecular formula is C47H31NS. The predicted octanol–water partition coefficient (Wildman–Crippen LogP) is 12.8. The summed E-state index contributed by atoms with van der Waals surface area (Å²) in [5, 5.41) is 2.59. The Morgan fingerprint density at radius 3 is 1.69 bits per heavy atom. The topological polar surface area (TPSA) is 3.24 Å². The van der Waals surface area contributed by atoms with Crippen LogP contribution >= 0.6 is 11.8 Å². The molecule has 230 valence electrons. The maximum atomic E-state index is 2.42. The monoisotopic (exact) mass is 641 g/mol. The van der Waals surface area contributed by atoms with Crippen LogP contribution < -0.4 is 4.90 Å². The fourth-order valence-corrected chi connectivity index (χ4v) is 9.52. The third-order valence-electron chi connectivity index (χ3n) is 10.3. The summed E-state index contributed by atoms with van der Waals surface area (Å²) in [6.45, 7) is 0. The summed E-state index contributed by atoms with van der Waals surface area (Å²) in [4.78, 5) is 4.98. The Balaban J connectivity index is 1.21. The second-order valence-corrected chi connectivity index (χ2v) is 14.0. The molecule has 8 aromatic carbocycles. The van der Waals surface area contributed by atoms with E-state index in [4.69, 9.17) is 0 Å². The van der Waals surface area contributed by atoms with Crippen LogP contribution in [0.4, 0.5) is 17.1 Å². The maximum Gasteiger partial charge on any atom is 0.0741 e. The fraction of sp³-hybridized carbons (Fsp3) is 0.0213. The minimum Gasteiger partial charge on any atom is -0.310 e. The minimum absolute atomic E-state index is 0.433. The summed E-state index contributed by atoms with van der Waals surface area (Å²) in [6, 6.07) is 69.1. The van der Waals surface area contributed by atoms with Gasteiger partial charge >= 0.3 is 0 Å². The Kier molecular flexibility index (Phi) is 6.40. The zero-order valence-corrected chi connectivity index (χ0v) is 27.6. The molecule has 0 aromatic heterocycles. The molecule has 0 fully saturated rings. The molecule has 49 heavy (non-hydrogen) atoms. The van der Waals surface area contributed by atoms with Gasteiger partial charge in [0.1, 0.15) is 0 Å². The average Bonchev–Trinajstić information content (AvgIpc) is 3.46. The first kappa shape index (κ1) is 28.2. The van der Waals surface area contributed by atoms with Crippen LogP contribution in [0.1, 0.15) is 22.3 Å². The highest BCUT2D eigenvalue weighted by atomic mass is 32.2. The lowest BCUT2D eigenvalue weighted by atomic mass is 9.66. The van der Waals surface area contributed by atoms with Gasteiger partial charge in [-0.05, 0) is 97.7 Å². The van der Waals surface area contributed by atoms with Gasteiger partial charge in [-0.15, -0.1) is 0 Å². The van der Waals surface area contributed by atoms with Crippen molar-refractivity contribution in [3.8, 4) is 22.3 Å². The summed E-state index contributed by atoms with van der Waals surface area (Å²) < 4.78 is 0. The second kappa shape index (κ2) is 11.1. The lowest BCUT2D eigenvalue weighted by molar-refractivity contribution is 0.730. The van der Waals surface area contributed by atoms with Crippen molar-refractivity contribution in [3.63, 3.8) is 0 Å². The molecule has 0 saturated heterocycles. The van der Waals surface area contributed by atoms with Gasteiger partial charge in [0.15, 0.2) is 0 Å². The normalized spacial score (nSPS) is 13.4. The van der Waals surface area contributed by atoms with E-state index in [1.165, 1.54) is 65.1 Å². The molecule has 0 radical (unpaired) electrons. The molecule has 0 saturated carbocycles. The van der Waals surface area contributed by atoms with Crippen molar-refractivity contribution in [3.05, 3.63) is 210 Å². The van der Waals surface area contributed by atoms with Gasteiger partial charge < -0.3 is 4.90 Å². The molecular weight excluding hydrogens is 611 g/mol. The van der Waals surface area contributed by atoms with Crippen molar-refractivity contribution in [1.82, 2.24) is 0 Å². The second-order valence-electron chi connectivity index (χ2n) is 12.9. The highest BCUT2D eigenvalue weighted by molar-refractivity contribution is 7.99. The van der Waals surface area contributed by atoms with Crippen LogP contribution in [-0.4, -0.2) is 0 Å². The highest BCUT2D eigenvalue weighted by Gasteiger charge is 2.51. The van der Waals surface area contributed by atoms with Gasteiger partial charge in [-0.25, -0.2) is 0 Å². The lowest BCUT2D eigenvalue weighted by Crippen LogP contribution is -2.32. The van der Waals surface area contributed by atoms with Gasteiger partial charge in [0, 0.05) is 26.9 Å². The van der Waals surface area contributed by atoms with Gasteiger partial charge in [-0.3, -0.25) is 0 Å². The summed E-state index contributed by atoms with van der Waals surface area (Å²) in [7, 11) is 0. The van der Waals surface area contributed by atoms with E-state index in [-0.39, 0.29) is 0 Å². The van der Waals surface area contributed by atoms with E-state index in [0.29, 0.717) is 0 Å². The zero-order valence-electron chi connectivity index (χ0n) is 26.8. The van der Waals surface area contributed by atoms with Gasteiger partial charge in [0.05, 0.1) is 5.41 Å². The molecule has 2 heteroatoms. The maximum absolute atomic E-state index is 2.42. The largest absolute Gasteiger partial charge is 0.310 e. The Hall–Kier alpha value is -5.83. The first-order valence-corrected chi connectivity index (χ1v) is 17.7. The minimum atomic E-state index is -0.433. The van der Waals surface area contributed by atoms with Crippen LogP contribution in [0.15, 0.2) is 198 Å². The Morgan fingerprint density at radius 1 is 0.388 bits per heavy atom. The van der Waals surface area contributed by atoms with E-state index < -0.39 is 5.41 Å². The molecule has 1 nitrogen and oxygen atoms in total. The fourth-order valence-electron chi connectivity index (χ4n) is 8.27. The Labute approximate surface area is 291 Å². The van der Waals surface area contributed by atoms with Gasteiger partial charge in [0.25, 0.3) is 0 Å². The summed E-state index contributed by atoms with van der Waals surface area (Å²) >= 11 is 1.90. The van der Waals surface area contributed by atoms with Crippen molar-refractivity contribution >= 4 is 39.6 Å². The van der Waals surface area contributed by atoms with E-state index in [9.17, 15) is 0 Å². The molecule has 2 aliphatic rings. The number of rotatable bonds is 4. The molecule has 10 rings (SSSR count). The number of para-hydroxylation sites is 1. The summed E-state index contributed by atoms with van der Waals surface area (Å²) in [6.07, 6.45) is 0. The van der Waals surface area contributed by atoms with Crippen LogP contribution in [0.3, 0.4) is 0 Å². The van der Waals surface area contributed by atoms with Gasteiger partial charge in [0.2, 0.25) is 0 Å². The van der Waals surface area contributed by atoms with Crippen molar-refractivity contribution in [2.24, 2.45) is 0 Å². The van der Waals surface area contributed by atoms with Gasteiger partial charge in [-0.1, -0.05) is 157 Å². The van der Waals surface area contributed by atoms with Crippen LogP contribution in [0.2, 0.25) is 0 Å². The van der Waals surface area contributed by atoms with E-state index in [2.05, 4.69) is 193 Å². The smallest absolute Gasteiger partial charge is 0.0741 e. The number of fused-ring (bicyclic) bond motifs is 11. The van der Waals surface area contributed by atoms with Crippen LogP contribution in [0, 0.1) is 0 Å². The third kappa shape index (κ3) is 4.21. The van der Waals surface area contributed by atoms with Crippen LogP contribution in [0.25, 0.3) is 33.0 Å². The van der Waals surface area contributed by atoms with Gasteiger partial charge in [-0.2, -0.15) is 0 Å². The summed E-state index contributed by atoms with van der Waals surface area (Å²) in [5.74, 6) is 0. The predicted molar refractivity (Wildman–Crippen MR) is 205 cm³/mol. The lowest BCUT2D eigenvalue weighted by Gasteiger charge is -2.41. The molecule has 0 atom stereocenters. The Morgan fingerprint density at radius 2 is 0.959 bits per heavy atom. The standard InChI is InChI=1S/C47H31NS/c1-3-13-32(14-4-1)33-23-26-36(27-24-33)48(35-16-5-2-6-17-35)37-28-29-43-45(31-37)49-44-30-25-34-15-7-8-18-38(34)46(44)47(43)41-21-11-9-19-39(41)40-20-10-12-22-42(40)47/h1-31H. The molecule has 0 N–H and O–H groups in total. The zero-order chi connectivity index (χ0) is 32.4. The molecule has 1 spiro atoms. The van der Waals surface area contributed by atoms with Crippen molar-refractivity contribution in [1.29, 1.82) is 0 Å². The Bertz CT molecular complexity index is 2470. The molecule has 0 bridgehead atoms. The molecule has 8 aromatic rings. The summed E-state index contributed by atoms with van der Waals surface area (Å²) in [5.41, 5.74) is 13.5. The van der Waals surface area contributed by atoms with Crippen molar-refractivity contribution in [2.75, 3.05) is 4.90 Å². The molecule has 1 aliphatic carbocycles. The first-order chi connectivity index (χ1) is 24.3. The molecule has 0 amide bonds. The molecule has 0 unspecified atom stereocenters. The van der Waals surface area contributed by atoms with E-state index in [1.54, 1.807) is 0 Å². The van der Waals surface area contributed by atoms with Crippen molar-refractivity contribution < 1.29 is 0 Å². The first-order valence-electron chi connectivity index (χ1n) is 16.9. The SMILES string of the molecule is c1ccc(-c2ccc(N(c3ccccc3)c3ccc4c(c3)Sc3ccc5ccccc5c3C43c4ccccc4-c4ccccc43)cc2)cc1. The van der Waals surface area contributed by atoms with E-state index >= 15 is 0 Å². The number of benzene rings is 8. The van der Waals surface area contributed by atoms with Crippen LogP contribution in [0.5, 0.6) is 0 Å². The number of hydrogen-bond donors (Lipinski definition) is 0. The van der Waals surface area contributed by atoms with Crippen molar-refractivity contribution in [2.45, 2.75) is 15.2 Å². The molecule has 1 aliphatic heterocycles. The number of nitrogens with zero attached hydrogens (tertiary/aromatic N) is 1. The third-order valence-corrected chi connectivity index (χ3v) is 11.4.